The average Bonchev–Trinajstić information content (AvgIpc) is 3.96. The van der Waals surface area contributed by atoms with Gasteiger partial charge >= 0.3 is 0 Å². The number of hydrogen-bond donors (Lipinski definition) is 0. The lowest BCUT2D eigenvalue weighted by Crippen LogP contribution is -2.11. The summed E-state index contributed by atoms with van der Waals surface area (Å²) < 4.78 is 75.1. The lowest BCUT2D eigenvalue weighted by Gasteiger charge is -2.21. The van der Waals surface area contributed by atoms with Gasteiger partial charge in [0.05, 0.1) is 82.4 Å². The first-order chi connectivity index (χ1) is 32.3. The first kappa shape index (κ1) is 47.3. The molecule has 0 spiro atoms. The van der Waals surface area contributed by atoms with Crippen molar-refractivity contribution < 1.29 is 25.6 Å². The second-order valence-corrected chi connectivity index (χ2v) is 24.9. The molecule has 4 aliphatic rings. The Hall–Kier alpha value is -5.78. The quantitative estimate of drug-likeness (QED) is 0.152. The minimum atomic E-state index is -1.32. The zero-order valence-corrected chi connectivity index (χ0v) is 42.3. The highest BCUT2D eigenvalue weighted by atomic mass is 32.2. The van der Waals surface area contributed by atoms with Crippen LogP contribution in [0.3, 0.4) is 0 Å². The van der Waals surface area contributed by atoms with Crippen LogP contribution >= 0.6 is 0 Å². The molecule has 0 aliphatic carbocycles. The minimum absolute atomic E-state index is 0.0981. The molecule has 0 aromatic heterocycles. The van der Waals surface area contributed by atoms with E-state index in [1.165, 1.54) is 58.7 Å². The van der Waals surface area contributed by atoms with Crippen LogP contribution in [-0.4, -0.2) is 16.8 Å². The van der Waals surface area contributed by atoms with Crippen molar-refractivity contribution in [2.45, 2.75) is 105 Å². The summed E-state index contributed by atoms with van der Waals surface area (Å²) in [5.41, 5.74) is 13.0. The third kappa shape index (κ3) is 8.88. The van der Waals surface area contributed by atoms with Crippen molar-refractivity contribution >= 4 is 43.2 Å². The van der Waals surface area contributed by atoms with Crippen LogP contribution in [0.1, 0.15) is 63.8 Å². The fourth-order valence-corrected chi connectivity index (χ4v) is 14.2. The summed E-state index contributed by atoms with van der Waals surface area (Å²) in [5.74, 6) is -0.819. The number of hydrogen-bond acceptors (Lipinski definition) is 4. The Balaban J connectivity index is 0.000000115. The maximum atomic E-state index is 13.1. The van der Waals surface area contributed by atoms with Gasteiger partial charge in [0.25, 0.3) is 0 Å². The van der Waals surface area contributed by atoms with Crippen molar-refractivity contribution in [3.63, 3.8) is 0 Å². The van der Waals surface area contributed by atoms with Crippen LogP contribution in [0.4, 0.5) is 8.78 Å². The number of benzene rings is 8. The molecule has 4 aliphatic heterocycles. The highest BCUT2D eigenvalue weighted by Gasteiger charge is 2.30. The van der Waals surface area contributed by atoms with Crippen LogP contribution in [0.2, 0.25) is 0 Å². The van der Waals surface area contributed by atoms with E-state index in [1.807, 2.05) is 84.9 Å². The van der Waals surface area contributed by atoms with E-state index in [1.54, 1.807) is 0 Å². The zero-order valence-electron chi connectivity index (χ0n) is 39.0. The van der Waals surface area contributed by atoms with Gasteiger partial charge in [0.1, 0.15) is 11.6 Å². The van der Waals surface area contributed by atoms with E-state index >= 15 is 0 Å². The number of aryl methyl sites for hydroxylation is 2. The molecule has 0 saturated heterocycles. The highest BCUT2D eigenvalue weighted by Crippen LogP contribution is 2.46. The molecular formula is C58H50F2O4S4. The largest absolute Gasteiger partial charge is 0.249 e. The smallest absolute Gasteiger partial charge is 0.123 e. The number of rotatable bonds is 0. The Bertz CT molecular complexity index is 3120. The Morgan fingerprint density at radius 2 is 0.574 bits per heavy atom. The Labute approximate surface area is 407 Å². The standard InChI is InChI=1S/C20H24OS.C14H12OS.C12H6F2OS.C12H8OS/c1-19(2,3)13-7-9-17-15(11-13)16-12-14(20(4,5)6)8-10-18(16)22(17)21;1-9-3-5-13-11(7-9)12-8-10(2)4-6-14(12)16(13)15;13-7-1-3-11-9(5-7)10-6-8(14)2-4-12(10)16(11)15;13-14-11-7-3-1-5-9(11)10-6-2-4-8-12(10)14/h7-12H,1-6H3;3-8H,1-2H3;1-6H;1-8H. The third-order valence-corrected chi connectivity index (χ3v) is 18.4. The molecule has 8 aromatic carbocycles. The van der Waals surface area contributed by atoms with Gasteiger partial charge in [0, 0.05) is 11.1 Å². The van der Waals surface area contributed by atoms with E-state index in [2.05, 4.69) is 91.8 Å². The molecule has 0 saturated carbocycles. The number of halogens is 2. The van der Waals surface area contributed by atoms with E-state index in [9.17, 15) is 25.6 Å². The molecule has 0 amide bonds. The summed E-state index contributed by atoms with van der Waals surface area (Å²) in [5, 5.41) is 0. The summed E-state index contributed by atoms with van der Waals surface area (Å²) in [7, 11) is -4.33. The first-order valence-electron chi connectivity index (χ1n) is 22.3. The van der Waals surface area contributed by atoms with Crippen molar-refractivity contribution in [2.24, 2.45) is 0 Å². The maximum Gasteiger partial charge on any atom is 0.123 e. The predicted octanol–water partition coefficient (Wildman–Crippen LogP) is 14.8. The van der Waals surface area contributed by atoms with Gasteiger partial charge in [-0.05, 0) is 154 Å². The van der Waals surface area contributed by atoms with Crippen LogP contribution in [-0.2, 0) is 54.0 Å². The molecule has 8 aromatic rings. The Morgan fingerprint density at radius 1 is 0.309 bits per heavy atom. The van der Waals surface area contributed by atoms with Gasteiger partial charge in [-0.1, -0.05) is 125 Å². The van der Waals surface area contributed by atoms with Gasteiger partial charge in [-0.15, -0.1) is 0 Å². The number of fused-ring (bicyclic) bond motifs is 12. The molecule has 12 rings (SSSR count). The molecule has 344 valence electrons. The highest BCUT2D eigenvalue weighted by molar-refractivity contribution is 7.86. The monoisotopic (exact) mass is 976 g/mol. The molecule has 0 fully saturated rings. The lowest BCUT2D eigenvalue weighted by atomic mass is 9.83. The van der Waals surface area contributed by atoms with Gasteiger partial charge in [-0.2, -0.15) is 0 Å². The second kappa shape index (κ2) is 18.3. The third-order valence-electron chi connectivity index (χ3n) is 12.4. The van der Waals surface area contributed by atoms with Crippen LogP contribution in [0.15, 0.2) is 197 Å². The molecule has 0 atom stereocenters. The molecule has 0 bridgehead atoms. The van der Waals surface area contributed by atoms with Crippen LogP contribution in [0, 0.1) is 25.5 Å². The summed E-state index contributed by atoms with van der Waals surface area (Å²) in [4.78, 5) is 6.77. The predicted molar refractivity (Wildman–Crippen MR) is 273 cm³/mol. The van der Waals surface area contributed by atoms with Crippen molar-refractivity contribution in [1.29, 1.82) is 0 Å². The minimum Gasteiger partial charge on any atom is -0.249 e. The van der Waals surface area contributed by atoms with Crippen molar-refractivity contribution in [2.75, 3.05) is 0 Å². The van der Waals surface area contributed by atoms with Crippen molar-refractivity contribution in [3.8, 4) is 44.5 Å². The van der Waals surface area contributed by atoms with E-state index in [0.29, 0.717) is 20.9 Å². The fraction of sp³-hybridized carbons (Fsp3) is 0.172. The van der Waals surface area contributed by atoms with Crippen LogP contribution in [0.5, 0.6) is 0 Å². The van der Waals surface area contributed by atoms with Gasteiger partial charge in [0.2, 0.25) is 0 Å². The molecule has 0 N–H and O–H groups in total. The van der Waals surface area contributed by atoms with Gasteiger partial charge in [0.15, 0.2) is 0 Å². The Morgan fingerprint density at radius 3 is 0.912 bits per heavy atom. The van der Waals surface area contributed by atoms with E-state index in [0.717, 1.165) is 62.8 Å². The zero-order chi connectivity index (χ0) is 48.4. The fourth-order valence-electron chi connectivity index (χ4n) is 8.69. The first-order valence-corrected chi connectivity index (χ1v) is 26.9. The summed E-state index contributed by atoms with van der Waals surface area (Å²) >= 11 is 0. The molecule has 4 heterocycles. The van der Waals surface area contributed by atoms with Crippen LogP contribution < -0.4 is 0 Å². The normalized spacial score (nSPS) is 14.0. The topological polar surface area (TPSA) is 68.3 Å². The van der Waals surface area contributed by atoms with Crippen molar-refractivity contribution in [3.05, 3.63) is 192 Å². The van der Waals surface area contributed by atoms with Crippen LogP contribution in [0.25, 0.3) is 44.5 Å². The second-order valence-electron chi connectivity index (χ2n) is 19.3. The molecule has 10 heteroatoms. The van der Waals surface area contributed by atoms with E-state index < -0.39 is 54.8 Å². The maximum absolute atomic E-state index is 13.1. The molecule has 4 nitrogen and oxygen atoms in total. The van der Waals surface area contributed by atoms with Crippen molar-refractivity contribution in [1.82, 2.24) is 0 Å². The molecular weight excluding hydrogens is 927 g/mol. The van der Waals surface area contributed by atoms with Gasteiger partial charge < -0.3 is 0 Å². The van der Waals surface area contributed by atoms with E-state index in [4.69, 9.17) is 0 Å². The lowest BCUT2D eigenvalue weighted by molar-refractivity contribution is 0.589. The average molecular weight is 977 g/mol. The van der Waals surface area contributed by atoms with E-state index in [-0.39, 0.29) is 10.8 Å². The molecule has 0 unspecified atom stereocenters. The SMILES string of the molecule is CC(C)(C)c1ccc2c(c1)-c1cc(C(C)(C)C)ccc1S2=O.Cc1ccc2c(c1)-c1cc(C)ccc1S2=O.O=S1c2ccc(F)cc2-c2cc(F)ccc21.O=S1c2ccccc2-c2ccccc21. The van der Waals surface area contributed by atoms with Gasteiger partial charge in [-0.3, -0.25) is 0 Å². The molecule has 0 radical (unpaired) electrons. The Kier molecular flexibility index (Phi) is 12.7. The molecule has 68 heavy (non-hydrogen) atoms. The van der Waals surface area contributed by atoms with Gasteiger partial charge in [-0.25, -0.2) is 25.6 Å². The summed E-state index contributed by atoms with van der Waals surface area (Å²) in [6.07, 6.45) is 0. The summed E-state index contributed by atoms with van der Waals surface area (Å²) in [6.45, 7) is 17.4. The summed E-state index contributed by atoms with van der Waals surface area (Å²) in [6, 6.07) is 48.9.